The number of nitrogens with two attached hydrogens (primary N) is 1. The first-order valence-electron chi connectivity index (χ1n) is 6.32. The molecule has 0 heterocycles. The van der Waals surface area contributed by atoms with Gasteiger partial charge in [0.15, 0.2) is 0 Å². The van der Waals surface area contributed by atoms with Crippen LogP contribution in [0.4, 0.5) is 8.78 Å². The predicted molar refractivity (Wildman–Crippen MR) is 77.8 cm³/mol. The molecule has 106 valence electrons. The molecular formula is C16H16ClF2N. The first kappa shape index (κ1) is 14.9. The van der Waals surface area contributed by atoms with Gasteiger partial charge in [0.05, 0.1) is 0 Å². The number of hydrogen-bond acceptors (Lipinski definition) is 1. The Kier molecular flexibility index (Phi) is 4.41. The van der Waals surface area contributed by atoms with Crippen molar-refractivity contribution in [1.82, 2.24) is 0 Å². The van der Waals surface area contributed by atoms with E-state index in [1.807, 2.05) is 19.1 Å². The van der Waals surface area contributed by atoms with E-state index in [4.69, 9.17) is 17.3 Å². The highest BCUT2D eigenvalue weighted by atomic mass is 35.5. The van der Waals surface area contributed by atoms with Crippen molar-refractivity contribution in [2.45, 2.75) is 25.3 Å². The lowest BCUT2D eigenvalue weighted by atomic mass is 9.87. The zero-order valence-electron chi connectivity index (χ0n) is 11.2. The van der Waals surface area contributed by atoms with E-state index in [0.29, 0.717) is 23.4 Å². The van der Waals surface area contributed by atoms with Gasteiger partial charge in [0, 0.05) is 16.6 Å². The summed E-state index contributed by atoms with van der Waals surface area (Å²) in [5.41, 5.74) is 7.25. The first-order chi connectivity index (χ1) is 9.34. The maximum Gasteiger partial charge on any atom is 0.126 e. The Balaban J connectivity index is 2.12. The first-order valence-corrected chi connectivity index (χ1v) is 6.70. The Morgan fingerprint density at radius 1 is 0.950 bits per heavy atom. The van der Waals surface area contributed by atoms with Gasteiger partial charge in [-0.1, -0.05) is 23.7 Å². The molecule has 0 aliphatic heterocycles. The normalized spacial score (nSPS) is 14.1. The maximum atomic E-state index is 13.2. The van der Waals surface area contributed by atoms with Crippen molar-refractivity contribution in [3.05, 3.63) is 70.2 Å². The molecule has 2 N–H and O–H groups in total. The third-order valence-electron chi connectivity index (χ3n) is 3.05. The Morgan fingerprint density at radius 2 is 1.45 bits per heavy atom. The standard InChI is InChI=1S/C16H16ClF2N/c1-16(20,9-11-2-4-13(17)5-3-11)10-12-6-14(18)8-15(19)7-12/h2-8H,9-10,20H2,1H3. The van der Waals surface area contributed by atoms with Gasteiger partial charge in [-0.15, -0.1) is 0 Å². The second-order valence-corrected chi connectivity index (χ2v) is 5.85. The molecule has 0 fully saturated rings. The summed E-state index contributed by atoms with van der Waals surface area (Å²) < 4.78 is 26.4. The molecule has 2 rings (SSSR count). The molecule has 4 heteroatoms. The van der Waals surface area contributed by atoms with Crippen LogP contribution in [0.15, 0.2) is 42.5 Å². The van der Waals surface area contributed by atoms with Crippen LogP contribution >= 0.6 is 11.6 Å². The monoisotopic (exact) mass is 295 g/mol. The lowest BCUT2D eigenvalue weighted by molar-refractivity contribution is 0.459. The van der Waals surface area contributed by atoms with Gasteiger partial charge >= 0.3 is 0 Å². The van der Waals surface area contributed by atoms with Gasteiger partial charge in [0.2, 0.25) is 0 Å². The van der Waals surface area contributed by atoms with E-state index in [1.54, 1.807) is 12.1 Å². The summed E-state index contributed by atoms with van der Waals surface area (Å²) in [6.45, 7) is 1.87. The highest BCUT2D eigenvalue weighted by molar-refractivity contribution is 6.30. The third kappa shape index (κ3) is 4.29. The summed E-state index contributed by atoms with van der Waals surface area (Å²) in [6, 6.07) is 10.9. The predicted octanol–water partition coefficient (Wildman–Crippen LogP) is 4.12. The van der Waals surface area contributed by atoms with Crippen molar-refractivity contribution in [2.75, 3.05) is 0 Å². The zero-order valence-corrected chi connectivity index (χ0v) is 11.9. The van der Waals surface area contributed by atoms with Crippen LogP contribution in [0, 0.1) is 11.6 Å². The molecule has 0 bridgehead atoms. The lowest BCUT2D eigenvalue weighted by Crippen LogP contribution is -2.41. The van der Waals surface area contributed by atoms with Crippen LogP contribution < -0.4 is 5.73 Å². The number of rotatable bonds is 4. The second kappa shape index (κ2) is 5.90. The molecule has 1 atom stereocenters. The molecule has 2 aromatic carbocycles. The molecule has 1 unspecified atom stereocenters. The summed E-state index contributed by atoms with van der Waals surface area (Å²) in [4.78, 5) is 0. The molecule has 0 aliphatic rings. The van der Waals surface area contributed by atoms with E-state index in [0.717, 1.165) is 11.6 Å². The van der Waals surface area contributed by atoms with Gasteiger partial charge in [0.1, 0.15) is 11.6 Å². The topological polar surface area (TPSA) is 26.0 Å². The lowest BCUT2D eigenvalue weighted by Gasteiger charge is -2.25. The molecule has 0 aromatic heterocycles. The van der Waals surface area contributed by atoms with Crippen molar-refractivity contribution in [3.8, 4) is 0 Å². The average Bonchev–Trinajstić information content (AvgIpc) is 2.29. The van der Waals surface area contributed by atoms with Gasteiger partial charge in [-0.3, -0.25) is 0 Å². The van der Waals surface area contributed by atoms with Crippen molar-refractivity contribution in [3.63, 3.8) is 0 Å². The minimum atomic E-state index is -0.589. The summed E-state index contributed by atoms with van der Waals surface area (Å²) >= 11 is 5.83. The Labute approximate surface area is 122 Å². The van der Waals surface area contributed by atoms with Crippen LogP contribution in [-0.4, -0.2) is 5.54 Å². The number of benzene rings is 2. The molecule has 20 heavy (non-hydrogen) atoms. The Morgan fingerprint density at radius 3 is 2.00 bits per heavy atom. The minimum absolute atomic E-state index is 0.393. The summed E-state index contributed by atoms with van der Waals surface area (Å²) in [6.07, 6.45) is 0.993. The molecule has 0 saturated carbocycles. The van der Waals surface area contributed by atoms with Crippen molar-refractivity contribution >= 4 is 11.6 Å². The molecule has 2 aromatic rings. The van der Waals surface area contributed by atoms with Crippen molar-refractivity contribution in [1.29, 1.82) is 0 Å². The Hall–Kier alpha value is -1.45. The van der Waals surface area contributed by atoms with Crippen LogP contribution in [0.25, 0.3) is 0 Å². The van der Waals surface area contributed by atoms with Crippen molar-refractivity contribution in [2.24, 2.45) is 5.73 Å². The number of halogens is 3. The molecule has 0 amide bonds. The molecule has 0 spiro atoms. The smallest absolute Gasteiger partial charge is 0.126 e. The van der Waals surface area contributed by atoms with Crippen LogP contribution in [0.2, 0.25) is 5.02 Å². The van der Waals surface area contributed by atoms with Gasteiger partial charge in [0.25, 0.3) is 0 Å². The quantitative estimate of drug-likeness (QED) is 0.902. The fourth-order valence-electron chi connectivity index (χ4n) is 2.31. The third-order valence-corrected chi connectivity index (χ3v) is 3.30. The van der Waals surface area contributed by atoms with Crippen molar-refractivity contribution < 1.29 is 8.78 Å². The van der Waals surface area contributed by atoms with E-state index in [2.05, 4.69) is 0 Å². The molecule has 0 aliphatic carbocycles. The fraction of sp³-hybridized carbons (Fsp3) is 0.250. The van der Waals surface area contributed by atoms with E-state index in [-0.39, 0.29) is 0 Å². The molecule has 0 radical (unpaired) electrons. The molecule has 1 nitrogen and oxygen atoms in total. The highest BCUT2D eigenvalue weighted by Crippen LogP contribution is 2.19. The molecular weight excluding hydrogens is 280 g/mol. The summed E-state index contributed by atoms with van der Waals surface area (Å²) in [5.74, 6) is -1.16. The highest BCUT2D eigenvalue weighted by Gasteiger charge is 2.20. The van der Waals surface area contributed by atoms with Crippen LogP contribution in [-0.2, 0) is 12.8 Å². The second-order valence-electron chi connectivity index (χ2n) is 5.41. The minimum Gasteiger partial charge on any atom is -0.325 e. The maximum absolute atomic E-state index is 13.2. The van der Waals surface area contributed by atoms with Gasteiger partial charge in [-0.2, -0.15) is 0 Å². The van der Waals surface area contributed by atoms with E-state index < -0.39 is 17.2 Å². The van der Waals surface area contributed by atoms with Crippen LogP contribution in [0.3, 0.4) is 0 Å². The average molecular weight is 296 g/mol. The van der Waals surface area contributed by atoms with Gasteiger partial charge in [-0.05, 0) is 55.2 Å². The largest absolute Gasteiger partial charge is 0.325 e. The van der Waals surface area contributed by atoms with E-state index in [1.165, 1.54) is 12.1 Å². The van der Waals surface area contributed by atoms with E-state index >= 15 is 0 Å². The Bertz CT molecular complexity index is 574. The zero-order chi connectivity index (χ0) is 14.8. The van der Waals surface area contributed by atoms with Crippen LogP contribution in [0.1, 0.15) is 18.1 Å². The molecule has 0 saturated heterocycles. The van der Waals surface area contributed by atoms with Crippen LogP contribution in [0.5, 0.6) is 0 Å². The van der Waals surface area contributed by atoms with Gasteiger partial charge in [-0.25, -0.2) is 8.78 Å². The summed E-state index contributed by atoms with van der Waals surface area (Å²) in [7, 11) is 0. The SMILES string of the molecule is CC(N)(Cc1ccc(Cl)cc1)Cc1cc(F)cc(F)c1. The van der Waals surface area contributed by atoms with E-state index in [9.17, 15) is 8.78 Å². The fourth-order valence-corrected chi connectivity index (χ4v) is 2.44. The van der Waals surface area contributed by atoms with Gasteiger partial charge < -0.3 is 5.73 Å². The number of hydrogen-bond donors (Lipinski definition) is 1. The summed E-state index contributed by atoms with van der Waals surface area (Å²) in [5, 5.41) is 0.666.